The Balaban J connectivity index is 1.37. The standard InChI is InChI=1S/C20H18N6O2S2/c1-12-4-2-3-5-15(12)23-20-25-16(24-19(21)26-20)9-28-17(27)8-14-11-30-18(22-14)13-6-7-29-10-13/h2-7,10-11H,8-9H2,1H3,(H3,21,23,24,25,26). The number of nitrogens with two attached hydrogens (primary N) is 1. The Labute approximate surface area is 180 Å². The third-order valence-electron chi connectivity index (χ3n) is 4.10. The van der Waals surface area contributed by atoms with Crippen molar-refractivity contribution in [3.63, 3.8) is 0 Å². The number of hydrogen-bond donors (Lipinski definition) is 2. The van der Waals surface area contributed by atoms with Crippen molar-refractivity contribution in [3.8, 4) is 10.6 Å². The van der Waals surface area contributed by atoms with E-state index in [9.17, 15) is 4.79 Å². The van der Waals surface area contributed by atoms with Crippen LogP contribution in [0.15, 0.2) is 46.5 Å². The number of ether oxygens (including phenoxy) is 1. The number of rotatable bonds is 7. The first kappa shape index (κ1) is 19.9. The second-order valence-electron chi connectivity index (χ2n) is 6.37. The highest BCUT2D eigenvalue weighted by atomic mass is 32.1. The fourth-order valence-corrected chi connectivity index (χ4v) is 4.17. The van der Waals surface area contributed by atoms with Crippen LogP contribution in [0.25, 0.3) is 10.6 Å². The maximum atomic E-state index is 12.2. The number of hydrogen-bond acceptors (Lipinski definition) is 10. The summed E-state index contributed by atoms with van der Waals surface area (Å²) in [5.74, 6) is 0.198. The number of anilines is 3. The Kier molecular flexibility index (Phi) is 5.96. The number of para-hydroxylation sites is 1. The van der Waals surface area contributed by atoms with Crippen LogP contribution in [-0.4, -0.2) is 25.9 Å². The van der Waals surface area contributed by atoms with Gasteiger partial charge in [0.05, 0.1) is 12.1 Å². The number of nitrogen functional groups attached to an aromatic ring is 1. The van der Waals surface area contributed by atoms with Gasteiger partial charge < -0.3 is 15.8 Å². The molecule has 4 rings (SSSR count). The first-order chi connectivity index (χ1) is 14.6. The van der Waals surface area contributed by atoms with Crippen molar-refractivity contribution in [2.75, 3.05) is 11.1 Å². The van der Waals surface area contributed by atoms with Gasteiger partial charge in [0.15, 0.2) is 12.4 Å². The summed E-state index contributed by atoms with van der Waals surface area (Å²) in [4.78, 5) is 29.1. The quantitative estimate of drug-likeness (QED) is 0.416. The van der Waals surface area contributed by atoms with Gasteiger partial charge in [0.2, 0.25) is 11.9 Å². The normalized spacial score (nSPS) is 10.7. The van der Waals surface area contributed by atoms with Gasteiger partial charge in [-0.25, -0.2) is 4.98 Å². The van der Waals surface area contributed by atoms with Crippen molar-refractivity contribution in [2.45, 2.75) is 20.0 Å². The summed E-state index contributed by atoms with van der Waals surface area (Å²) >= 11 is 3.11. The molecule has 0 atom stereocenters. The highest BCUT2D eigenvalue weighted by Gasteiger charge is 2.13. The minimum Gasteiger partial charge on any atom is -0.457 e. The average Bonchev–Trinajstić information content (AvgIpc) is 3.40. The van der Waals surface area contributed by atoms with Gasteiger partial charge in [-0.15, -0.1) is 11.3 Å². The van der Waals surface area contributed by atoms with E-state index in [1.807, 2.05) is 53.4 Å². The summed E-state index contributed by atoms with van der Waals surface area (Å²) in [5.41, 5.74) is 9.40. The summed E-state index contributed by atoms with van der Waals surface area (Å²) in [7, 11) is 0. The molecule has 0 spiro atoms. The van der Waals surface area contributed by atoms with E-state index in [1.54, 1.807) is 11.3 Å². The van der Waals surface area contributed by atoms with Crippen molar-refractivity contribution < 1.29 is 9.53 Å². The predicted octanol–water partition coefficient (Wildman–Crippen LogP) is 3.98. The summed E-state index contributed by atoms with van der Waals surface area (Å²) in [6.45, 7) is 1.87. The molecule has 3 N–H and O–H groups in total. The smallest absolute Gasteiger partial charge is 0.312 e. The molecule has 0 saturated carbocycles. The van der Waals surface area contributed by atoms with E-state index < -0.39 is 5.97 Å². The number of carbonyl (C=O) groups excluding carboxylic acids is 1. The average molecular weight is 439 g/mol. The second-order valence-corrected chi connectivity index (χ2v) is 8.00. The van der Waals surface area contributed by atoms with Crippen LogP contribution >= 0.6 is 22.7 Å². The van der Waals surface area contributed by atoms with E-state index in [0.29, 0.717) is 11.6 Å². The van der Waals surface area contributed by atoms with Gasteiger partial charge in [0.1, 0.15) is 5.01 Å². The molecular formula is C20H18N6O2S2. The minimum atomic E-state index is -0.412. The van der Waals surface area contributed by atoms with Gasteiger partial charge in [-0.3, -0.25) is 4.79 Å². The summed E-state index contributed by atoms with van der Waals surface area (Å²) in [6, 6.07) is 9.73. The zero-order chi connectivity index (χ0) is 20.9. The molecule has 1 aromatic carbocycles. The summed E-state index contributed by atoms with van der Waals surface area (Å²) in [5, 5.41) is 9.87. The van der Waals surface area contributed by atoms with Gasteiger partial charge in [0, 0.05) is 22.0 Å². The van der Waals surface area contributed by atoms with Crippen molar-refractivity contribution in [3.05, 3.63) is 63.6 Å². The molecule has 0 bridgehead atoms. The Bertz CT molecular complexity index is 1160. The van der Waals surface area contributed by atoms with E-state index in [4.69, 9.17) is 10.5 Å². The Hall–Kier alpha value is -3.37. The van der Waals surface area contributed by atoms with Crippen LogP contribution in [0.2, 0.25) is 0 Å². The highest BCUT2D eigenvalue weighted by molar-refractivity contribution is 7.14. The Morgan fingerprint density at radius 1 is 1.13 bits per heavy atom. The van der Waals surface area contributed by atoms with Gasteiger partial charge in [-0.1, -0.05) is 18.2 Å². The number of nitrogens with zero attached hydrogens (tertiary/aromatic N) is 4. The molecule has 0 radical (unpaired) electrons. The number of carbonyl (C=O) groups is 1. The molecule has 30 heavy (non-hydrogen) atoms. The van der Waals surface area contributed by atoms with E-state index in [-0.39, 0.29) is 24.8 Å². The Morgan fingerprint density at radius 2 is 2.00 bits per heavy atom. The maximum absolute atomic E-state index is 12.2. The Morgan fingerprint density at radius 3 is 2.80 bits per heavy atom. The monoisotopic (exact) mass is 438 g/mol. The van der Waals surface area contributed by atoms with Crippen LogP contribution in [0.3, 0.4) is 0 Å². The molecule has 0 saturated heterocycles. The predicted molar refractivity (Wildman–Crippen MR) is 118 cm³/mol. The molecule has 3 aromatic heterocycles. The minimum absolute atomic E-state index is 0.0482. The lowest BCUT2D eigenvalue weighted by atomic mass is 10.2. The highest BCUT2D eigenvalue weighted by Crippen LogP contribution is 2.26. The fourth-order valence-electron chi connectivity index (χ4n) is 2.64. The zero-order valence-corrected chi connectivity index (χ0v) is 17.7. The van der Waals surface area contributed by atoms with Crippen molar-refractivity contribution in [2.24, 2.45) is 0 Å². The van der Waals surface area contributed by atoms with Crippen LogP contribution < -0.4 is 11.1 Å². The topological polar surface area (TPSA) is 116 Å². The third kappa shape index (κ3) is 4.97. The van der Waals surface area contributed by atoms with Crippen LogP contribution in [-0.2, 0) is 22.6 Å². The van der Waals surface area contributed by atoms with Crippen molar-refractivity contribution in [1.29, 1.82) is 0 Å². The van der Waals surface area contributed by atoms with Crippen LogP contribution in [0.5, 0.6) is 0 Å². The number of esters is 1. The van der Waals surface area contributed by atoms with E-state index in [1.165, 1.54) is 11.3 Å². The van der Waals surface area contributed by atoms with Crippen molar-refractivity contribution >= 4 is 46.2 Å². The van der Waals surface area contributed by atoms with Crippen molar-refractivity contribution in [1.82, 2.24) is 19.9 Å². The molecule has 0 fully saturated rings. The van der Waals surface area contributed by atoms with Gasteiger partial charge in [-0.05, 0) is 30.0 Å². The number of aromatic nitrogens is 4. The number of thiophene rings is 1. The first-order valence-corrected chi connectivity index (χ1v) is 10.8. The third-order valence-corrected chi connectivity index (χ3v) is 5.72. The van der Waals surface area contributed by atoms with Crippen LogP contribution in [0, 0.1) is 6.92 Å². The lowest BCUT2D eigenvalue weighted by Gasteiger charge is -2.09. The second kappa shape index (κ2) is 8.97. The number of aryl methyl sites for hydroxylation is 1. The lowest BCUT2D eigenvalue weighted by molar-refractivity contribution is -0.144. The van der Waals surface area contributed by atoms with Crippen LogP contribution in [0.1, 0.15) is 17.1 Å². The molecule has 152 valence electrons. The lowest BCUT2D eigenvalue weighted by Crippen LogP contribution is -2.12. The molecule has 0 aliphatic heterocycles. The van der Waals surface area contributed by atoms with E-state index in [2.05, 4.69) is 25.3 Å². The largest absolute Gasteiger partial charge is 0.457 e. The molecule has 0 aliphatic carbocycles. The molecule has 3 heterocycles. The number of thiazole rings is 1. The molecule has 0 amide bonds. The van der Waals surface area contributed by atoms with Gasteiger partial charge >= 0.3 is 5.97 Å². The molecule has 8 nitrogen and oxygen atoms in total. The number of nitrogens with one attached hydrogen (secondary N) is 1. The summed E-state index contributed by atoms with van der Waals surface area (Å²) < 4.78 is 5.31. The molecule has 0 aliphatic rings. The molecule has 4 aromatic rings. The van der Waals surface area contributed by atoms with Gasteiger partial charge in [-0.2, -0.15) is 26.3 Å². The molecule has 10 heteroatoms. The molecular weight excluding hydrogens is 420 g/mol. The van der Waals surface area contributed by atoms with Crippen LogP contribution in [0.4, 0.5) is 17.6 Å². The zero-order valence-electron chi connectivity index (χ0n) is 16.0. The van der Waals surface area contributed by atoms with E-state index >= 15 is 0 Å². The van der Waals surface area contributed by atoms with Gasteiger partial charge in [0.25, 0.3) is 0 Å². The molecule has 0 unspecified atom stereocenters. The first-order valence-electron chi connectivity index (χ1n) is 9.02. The number of benzene rings is 1. The SMILES string of the molecule is Cc1ccccc1Nc1nc(N)nc(COC(=O)Cc2csc(-c3ccsc3)n2)n1. The maximum Gasteiger partial charge on any atom is 0.312 e. The van der Waals surface area contributed by atoms with E-state index in [0.717, 1.165) is 21.8 Å². The fraction of sp³-hybridized carbons (Fsp3) is 0.150. The summed E-state index contributed by atoms with van der Waals surface area (Å²) in [6.07, 6.45) is 0.0789.